The molecule has 15 heavy (non-hydrogen) atoms. The molecule has 0 fully saturated rings. The number of hydrogen-bond donors (Lipinski definition) is 0. The van der Waals surface area contributed by atoms with Gasteiger partial charge in [-0.1, -0.05) is 11.6 Å². The van der Waals surface area contributed by atoms with Gasteiger partial charge in [-0.2, -0.15) is 0 Å². The highest BCUT2D eigenvalue weighted by molar-refractivity contribution is 6.30. The van der Waals surface area contributed by atoms with Crippen molar-refractivity contribution in [2.75, 3.05) is 0 Å². The molecule has 76 valence electrons. The Morgan fingerprint density at radius 3 is 2.73 bits per heavy atom. The summed E-state index contributed by atoms with van der Waals surface area (Å²) in [5, 5.41) is 0.523. The van der Waals surface area contributed by atoms with Crippen molar-refractivity contribution in [3.63, 3.8) is 0 Å². The Morgan fingerprint density at radius 1 is 1.20 bits per heavy atom. The Morgan fingerprint density at radius 2 is 2.00 bits per heavy atom. The molecule has 2 aromatic rings. The molecule has 1 aromatic carbocycles. The molecular formula is C12H9ClFN. The molecule has 1 aromatic heterocycles. The quantitative estimate of drug-likeness (QED) is 0.713. The Balaban J connectivity index is 2.64. The summed E-state index contributed by atoms with van der Waals surface area (Å²) in [4.78, 5) is 3.98. The lowest BCUT2D eigenvalue weighted by Gasteiger charge is -2.06. The van der Waals surface area contributed by atoms with Crippen molar-refractivity contribution in [1.29, 1.82) is 0 Å². The lowest BCUT2D eigenvalue weighted by molar-refractivity contribution is 0.631. The molecule has 0 saturated heterocycles. The molecule has 1 heterocycles. The number of aryl methyl sites for hydroxylation is 1. The van der Waals surface area contributed by atoms with E-state index >= 15 is 0 Å². The second-order valence-electron chi connectivity index (χ2n) is 3.31. The Hall–Kier alpha value is -1.41. The third kappa shape index (κ3) is 2.00. The largest absolute Gasteiger partial charge is 0.264 e. The second kappa shape index (κ2) is 3.99. The van der Waals surface area contributed by atoms with Crippen LogP contribution in [0.5, 0.6) is 0 Å². The molecule has 0 N–H and O–H groups in total. The molecule has 0 aliphatic heterocycles. The highest BCUT2D eigenvalue weighted by Crippen LogP contribution is 2.27. The minimum atomic E-state index is -0.282. The predicted molar refractivity (Wildman–Crippen MR) is 59.4 cm³/mol. The van der Waals surface area contributed by atoms with E-state index in [-0.39, 0.29) is 5.82 Å². The Kier molecular flexibility index (Phi) is 2.69. The van der Waals surface area contributed by atoms with Gasteiger partial charge in [0.25, 0.3) is 0 Å². The highest BCUT2D eigenvalue weighted by Gasteiger charge is 2.07. The van der Waals surface area contributed by atoms with E-state index in [9.17, 15) is 4.39 Å². The molecule has 2 rings (SSSR count). The molecule has 0 unspecified atom stereocenters. The summed E-state index contributed by atoms with van der Waals surface area (Å²) in [6.45, 7) is 1.91. The maximum Gasteiger partial charge on any atom is 0.131 e. The van der Waals surface area contributed by atoms with Crippen LogP contribution in [0.1, 0.15) is 5.56 Å². The van der Waals surface area contributed by atoms with Crippen molar-refractivity contribution in [3.8, 4) is 11.1 Å². The minimum Gasteiger partial charge on any atom is -0.264 e. The van der Waals surface area contributed by atoms with Crippen molar-refractivity contribution in [1.82, 2.24) is 4.98 Å². The van der Waals surface area contributed by atoms with Crippen LogP contribution in [0, 0.1) is 12.7 Å². The van der Waals surface area contributed by atoms with Crippen LogP contribution >= 0.6 is 11.6 Å². The molecule has 0 radical (unpaired) electrons. The topological polar surface area (TPSA) is 12.9 Å². The van der Waals surface area contributed by atoms with Crippen LogP contribution in [0.15, 0.2) is 36.7 Å². The summed E-state index contributed by atoms with van der Waals surface area (Å²) in [6, 6.07) is 6.35. The fourth-order valence-corrected chi connectivity index (χ4v) is 1.62. The van der Waals surface area contributed by atoms with E-state index < -0.39 is 0 Å². The van der Waals surface area contributed by atoms with E-state index in [0.29, 0.717) is 10.6 Å². The fourth-order valence-electron chi connectivity index (χ4n) is 1.45. The average molecular weight is 222 g/mol. The van der Waals surface area contributed by atoms with E-state index in [1.54, 1.807) is 18.5 Å². The molecule has 0 aliphatic carbocycles. The number of rotatable bonds is 1. The highest BCUT2D eigenvalue weighted by atomic mass is 35.5. The van der Waals surface area contributed by atoms with Gasteiger partial charge in [0.1, 0.15) is 5.82 Å². The smallest absolute Gasteiger partial charge is 0.131 e. The number of hydrogen-bond acceptors (Lipinski definition) is 1. The van der Waals surface area contributed by atoms with Crippen LogP contribution in [-0.2, 0) is 0 Å². The zero-order valence-corrected chi connectivity index (χ0v) is 8.92. The maximum atomic E-state index is 13.5. The molecule has 0 atom stereocenters. The monoisotopic (exact) mass is 221 g/mol. The van der Waals surface area contributed by atoms with Crippen LogP contribution in [0.3, 0.4) is 0 Å². The van der Waals surface area contributed by atoms with Crippen LogP contribution < -0.4 is 0 Å². The summed E-state index contributed by atoms with van der Waals surface area (Å²) in [6.07, 6.45) is 3.32. The van der Waals surface area contributed by atoms with Crippen molar-refractivity contribution >= 4 is 11.6 Å². The first kappa shape index (κ1) is 10.1. The van der Waals surface area contributed by atoms with E-state index in [2.05, 4.69) is 4.98 Å². The van der Waals surface area contributed by atoms with Gasteiger partial charge < -0.3 is 0 Å². The summed E-state index contributed by atoms with van der Waals surface area (Å²) in [7, 11) is 0. The molecule has 0 bridgehead atoms. The summed E-state index contributed by atoms with van der Waals surface area (Å²) in [5.41, 5.74) is 2.25. The molecule has 0 aliphatic rings. The van der Waals surface area contributed by atoms with E-state index in [4.69, 9.17) is 11.6 Å². The first-order valence-corrected chi connectivity index (χ1v) is 4.92. The van der Waals surface area contributed by atoms with E-state index in [1.807, 2.05) is 13.0 Å². The molecule has 3 heteroatoms. The Labute approximate surface area is 92.5 Å². The number of nitrogens with zero attached hydrogens (tertiary/aromatic N) is 1. The predicted octanol–water partition coefficient (Wildman–Crippen LogP) is 3.85. The molecule has 0 saturated carbocycles. The third-order valence-corrected chi connectivity index (χ3v) is 2.49. The first-order valence-electron chi connectivity index (χ1n) is 4.54. The van der Waals surface area contributed by atoms with Gasteiger partial charge in [-0.25, -0.2) is 4.39 Å². The van der Waals surface area contributed by atoms with Crippen molar-refractivity contribution in [2.24, 2.45) is 0 Å². The van der Waals surface area contributed by atoms with Crippen LogP contribution in [-0.4, -0.2) is 4.98 Å². The zero-order valence-electron chi connectivity index (χ0n) is 8.17. The van der Waals surface area contributed by atoms with Crippen molar-refractivity contribution < 1.29 is 4.39 Å². The fraction of sp³-hybridized carbons (Fsp3) is 0.0833. The Bertz CT molecular complexity index is 497. The number of benzene rings is 1. The van der Waals surface area contributed by atoms with E-state index in [0.717, 1.165) is 11.1 Å². The molecule has 1 nitrogen and oxygen atoms in total. The number of halogens is 2. The second-order valence-corrected chi connectivity index (χ2v) is 3.75. The van der Waals surface area contributed by atoms with Gasteiger partial charge >= 0.3 is 0 Å². The van der Waals surface area contributed by atoms with Gasteiger partial charge in [0.05, 0.1) is 0 Å². The minimum absolute atomic E-state index is 0.282. The maximum absolute atomic E-state index is 13.5. The van der Waals surface area contributed by atoms with Gasteiger partial charge in [0.2, 0.25) is 0 Å². The zero-order chi connectivity index (χ0) is 10.8. The standard InChI is InChI=1S/C12H9ClFN/c1-8-4-5-15-7-11(8)10-6-9(13)2-3-12(10)14/h2-7H,1H3. The van der Waals surface area contributed by atoms with Gasteiger partial charge in [0.15, 0.2) is 0 Å². The van der Waals surface area contributed by atoms with Gasteiger partial charge in [-0.15, -0.1) is 0 Å². The van der Waals surface area contributed by atoms with E-state index in [1.165, 1.54) is 12.1 Å². The van der Waals surface area contributed by atoms with Crippen molar-refractivity contribution in [2.45, 2.75) is 6.92 Å². The number of aromatic nitrogens is 1. The normalized spacial score (nSPS) is 10.3. The molecule has 0 amide bonds. The molecular weight excluding hydrogens is 213 g/mol. The summed E-state index contributed by atoms with van der Waals surface area (Å²) in [5.74, 6) is -0.282. The van der Waals surface area contributed by atoms with Crippen LogP contribution in [0.25, 0.3) is 11.1 Å². The van der Waals surface area contributed by atoms with Gasteiger partial charge in [-0.05, 0) is 36.8 Å². The van der Waals surface area contributed by atoms with Crippen LogP contribution in [0.4, 0.5) is 4.39 Å². The van der Waals surface area contributed by atoms with Gasteiger partial charge in [-0.3, -0.25) is 4.98 Å². The average Bonchev–Trinajstić information content (AvgIpc) is 2.23. The first-order chi connectivity index (χ1) is 7.18. The van der Waals surface area contributed by atoms with Crippen molar-refractivity contribution in [3.05, 3.63) is 53.1 Å². The summed E-state index contributed by atoms with van der Waals surface area (Å²) >= 11 is 5.83. The third-order valence-electron chi connectivity index (χ3n) is 2.26. The molecule has 0 spiro atoms. The lowest BCUT2D eigenvalue weighted by Crippen LogP contribution is -1.88. The summed E-state index contributed by atoms with van der Waals surface area (Å²) < 4.78 is 13.5. The van der Waals surface area contributed by atoms with Gasteiger partial charge in [0, 0.05) is 28.5 Å². The lowest BCUT2D eigenvalue weighted by atomic mass is 10.0. The van der Waals surface area contributed by atoms with Crippen LogP contribution in [0.2, 0.25) is 5.02 Å². The SMILES string of the molecule is Cc1ccncc1-c1cc(Cl)ccc1F. The number of pyridine rings is 1.